The van der Waals surface area contributed by atoms with E-state index < -0.39 is 0 Å². The number of benzene rings is 1. The minimum Gasteiger partial charge on any atom is -0.491 e. The van der Waals surface area contributed by atoms with Crippen LogP contribution in [0, 0.1) is 0 Å². The molecule has 0 aliphatic heterocycles. The quantitative estimate of drug-likeness (QED) is 0.166. The van der Waals surface area contributed by atoms with E-state index in [0.29, 0.717) is 19.0 Å². The van der Waals surface area contributed by atoms with Crippen molar-refractivity contribution in [1.29, 1.82) is 0 Å². The van der Waals surface area contributed by atoms with Crippen LogP contribution < -0.4 is 16.3 Å². The summed E-state index contributed by atoms with van der Waals surface area (Å²) in [5, 5.41) is 3.19. The molecular formula is C28H36N4O3. The lowest BCUT2D eigenvalue weighted by Gasteiger charge is -2.16. The summed E-state index contributed by atoms with van der Waals surface area (Å²) in [7, 11) is 1.68. The lowest BCUT2D eigenvalue weighted by Crippen LogP contribution is -2.11. The Hall–Kier alpha value is -3.84. The van der Waals surface area contributed by atoms with Crippen LogP contribution in [0.25, 0.3) is 12.2 Å². The van der Waals surface area contributed by atoms with Gasteiger partial charge >= 0.3 is 0 Å². The van der Waals surface area contributed by atoms with Crippen molar-refractivity contribution in [3.8, 4) is 5.75 Å². The van der Waals surface area contributed by atoms with Gasteiger partial charge in [0.2, 0.25) is 0 Å². The summed E-state index contributed by atoms with van der Waals surface area (Å²) in [6.45, 7) is 6.70. The molecular weight excluding hydrogens is 440 g/mol. The maximum atomic E-state index is 5.89. The molecule has 0 spiro atoms. The van der Waals surface area contributed by atoms with Crippen LogP contribution in [0.1, 0.15) is 49.7 Å². The Balaban J connectivity index is 0.000000540. The van der Waals surface area contributed by atoms with E-state index in [0.717, 1.165) is 40.4 Å². The smallest absolute Gasteiger partial charge is 0.142 e. The molecule has 1 unspecified atom stereocenters. The van der Waals surface area contributed by atoms with Gasteiger partial charge in [0.25, 0.3) is 0 Å². The maximum Gasteiger partial charge on any atom is 0.142 e. The van der Waals surface area contributed by atoms with Crippen molar-refractivity contribution in [3.05, 3.63) is 95.1 Å². The van der Waals surface area contributed by atoms with Gasteiger partial charge < -0.3 is 25.8 Å². The molecule has 0 amide bonds. The van der Waals surface area contributed by atoms with E-state index in [-0.39, 0.29) is 6.10 Å². The van der Waals surface area contributed by atoms with E-state index >= 15 is 0 Å². The molecule has 0 bridgehead atoms. The molecule has 1 aromatic carbocycles. The summed E-state index contributed by atoms with van der Waals surface area (Å²) in [6, 6.07) is 12.0. The Morgan fingerprint density at radius 2 is 1.83 bits per heavy atom. The number of nitrogens with two attached hydrogens (primary N) is 2. The average Bonchev–Trinajstić information content (AvgIpc) is 3.14. The van der Waals surface area contributed by atoms with E-state index in [1.165, 1.54) is 0 Å². The highest BCUT2D eigenvalue weighted by atomic mass is 16.5. The molecule has 1 atom stereocenters. The summed E-state index contributed by atoms with van der Waals surface area (Å²) in [6.07, 6.45) is 14.7. The molecule has 1 aliphatic carbocycles. The van der Waals surface area contributed by atoms with Crippen LogP contribution in [0.2, 0.25) is 0 Å². The van der Waals surface area contributed by atoms with Gasteiger partial charge in [0.05, 0.1) is 11.4 Å². The van der Waals surface area contributed by atoms with E-state index in [9.17, 15) is 0 Å². The standard InChI is InChI=1S/C24H27NO3.C4H9N3/c1-4-24(18(2)26-3)28-16-19-10-14-22(15-11-19)27-17-21-13-12-20-8-6-5-7-9-23(20)25-21;1-2-3-4(5)7-6/h4,6-15,18H,5,16-17H2,1-3H3;2-3H,6H2,1H3,(H2,5,7)/b24-4+;3-2+. The number of aromatic nitrogens is 1. The number of methoxy groups -OCH3 is 1. The van der Waals surface area contributed by atoms with Gasteiger partial charge in [0, 0.05) is 7.11 Å². The zero-order valence-corrected chi connectivity index (χ0v) is 21.0. The number of fused-ring (bicyclic) bond motifs is 1. The molecule has 3 rings (SSSR count). The fraction of sp³-hybridized carbons (Fsp3) is 0.286. The lowest BCUT2D eigenvalue weighted by atomic mass is 10.1. The first-order valence-electron chi connectivity index (χ1n) is 11.5. The van der Waals surface area contributed by atoms with Crippen molar-refractivity contribution in [2.45, 2.75) is 46.5 Å². The Bertz CT molecular complexity index is 1070. The third-order valence-electron chi connectivity index (χ3n) is 5.10. The van der Waals surface area contributed by atoms with Gasteiger partial charge in [-0.3, -0.25) is 0 Å². The maximum absolute atomic E-state index is 5.89. The number of hydrazone groups is 1. The van der Waals surface area contributed by atoms with Crippen LogP contribution in [-0.2, 0) is 22.7 Å². The summed E-state index contributed by atoms with van der Waals surface area (Å²) in [4.78, 5) is 4.69. The van der Waals surface area contributed by atoms with Crippen LogP contribution in [0.3, 0.4) is 0 Å². The van der Waals surface area contributed by atoms with Crippen LogP contribution in [0.5, 0.6) is 5.75 Å². The summed E-state index contributed by atoms with van der Waals surface area (Å²) in [5.74, 6) is 6.77. The minimum atomic E-state index is -0.0497. The number of ether oxygens (including phenoxy) is 3. The molecule has 186 valence electrons. The van der Waals surface area contributed by atoms with Gasteiger partial charge in [-0.15, -0.1) is 0 Å². The van der Waals surface area contributed by atoms with Crippen molar-refractivity contribution in [2.75, 3.05) is 7.11 Å². The number of rotatable bonds is 9. The van der Waals surface area contributed by atoms with E-state index in [1.54, 1.807) is 19.3 Å². The minimum absolute atomic E-state index is 0.0497. The third-order valence-corrected chi connectivity index (χ3v) is 5.10. The van der Waals surface area contributed by atoms with Gasteiger partial charge in [-0.2, -0.15) is 5.10 Å². The molecule has 0 saturated carbocycles. The van der Waals surface area contributed by atoms with E-state index in [2.05, 4.69) is 40.5 Å². The van der Waals surface area contributed by atoms with Crippen molar-refractivity contribution in [1.82, 2.24) is 4.98 Å². The van der Waals surface area contributed by atoms with Gasteiger partial charge in [0.15, 0.2) is 0 Å². The Labute approximate surface area is 208 Å². The van der Waals surface area contributed by atoms with E-state index in [4.69, 9.17) is 25.8 Å². The molecule has 1 aromatic heterocycles. The highest BCUT2D eigenvalue weighted by Gasteiger charge is 2.08. The Morgan fingerprint density at radius 1 is 1.09 bits per heavy atom. The first-order valence-corrected chi connectivity index (χ1v) is 11.5. The molecule has 7 nitrogen and oxygen atoms in total. The first kappa shape index (κ1) is 27.4. The normalized spacial score (nSPS) is 14.1. The summed E-state index contributed by atoms with van der Waals surface area (Å²) < 4.78 is 17.0. The number of hydrogen-bond acceptors (Lipinski definition) is 6. The molecule has 4 N–H and O–H groups in total. The highest BCUT2D eigenvalue weighted by Crippen LogP contribution is 2.19. The molecule has 0 fully saturated rings. The second-order valence-corrected chi connectivity index (χ2v) is 7.66. The molecule has 1 heterocycles. The molecule has 2 aromatic rings. The predicted molar refractivity (Wildman–Crippen MR) is 143 cm³/mol. The topological polar surface area (TPSA) is 105 Å². The number of amidine groups is 1. The second-order valence-electron chi connectivity index (χ2n) is 7.66. The number of pyridine rings is 1. The van der Waals surface area contributed by atoms with Crippen molar-refractivity contribution in [2.24, 2.45) is 16.7 Å². The summed E-state index contributed by atoms with van der Waals surface area (Å²) >= 11 is 0. The number of nitrogens with zero attached hydrogens (tertiary/aromatic N) is 2. The SMILES string of the molecule is C/C=C(/OCc1ccc(OCc2ccc3c(n2)C=CCC=C3)cc1)C(C)OC.C/C=C/C(N)=N/N. The second kappa shape index (κ2) is 15.1. The first-order chi connectivity index (χ1) is 17.0. The van der Waals surface area contributed by atoms with E-state index in [1.807, 2.05) is 57.2 Å². The largest absolute Gasteiger partial charge is 0.491 e. The molecule has 0 saturated heterocycles. The molecule has 1 aliphatic rings. The fourth-order valence-corrected chi connectivity index (χ4v) is 3.11. The highest BCUT2D eigenvalue weighted by molar-refractivity contribution is 5.90. The van der Waals surface area contributed by atoms with Crippen molar-refractivity contribution in [3.63, 3.8) is 0 Å². The van der Waals surface area contributed by atoms with Crippen LogP contribution >= 0.6 is 0 Å². The van der Waals surface area contributed by atoms with Crippen LogP contribution in [0.15, 0.2) is 77.6 Å². The average molecular weight is 477 g/mol. The lowest BCUT2D eigenvalue weighted by molar-refractivity contribution is 0.0683. The van der Waals surface area contributed by atoms with Crippen LogP contribution in [-0.4, -0.2) is 24.0 Å². The number of allylic oxidation sites excluding steroid dienone is 4. The van der Waals surface area contributed by atoms with Crippen LogP contribution in [0.4, 0.5) is 0 Å². The Morgan fingerprint density at radius 3 is 2.46 bits per heavy atom. The number of hydrogen-bond donors (Lipinski definition) is 2. The zero-order chi connectivity index (χ0) is 25.5. The van der Waals surface area contributed by atoms with Gasteiger partial charge in [-0.05, 0) is 74.7 Å². The third kappa shape index (κ3) is 9.51. The van der Waals surface area contributed by atoms with Gasteiger partial charge in [-0.1, -0.05) is 42.5 Å². The molecule has 35 heavy (non-hydrogen) atoms. The van der Waals surface area contributed by atoms with Gasteiger partial charge in [0.1, 0.15) is 36.7 Å². The van der Waals surface area contributed by atoms with Crippen molar-refractivity contribution >= 4 is 18.0 Å². The zero-order valence-electron chi connectivity index (χ0n) is 21.0. The monoisotopic (exact) mass is 476 g/mol. The fourth-order valence-electron chi connectivity index (χ4n) is 3.11. The Kier molecular flexibility index (Phi) is 11.9. The van der Waals surface area contributed by atoms with Gasteiger partial charge in [-0.25, -0.2) is 4.98 Å². The summed E-state index contributed by atoms with van der Waals surface area (Å²) in [5.41, 5.74) is 9.25. The molecule has 7 heteroatoms. The molecule has 0 radical (unpaired) electrons. The predicted octanol–water partition coefficient (Wildman–Crippen LogP) is 5.34. The van der Waals surface area contributed by atoms with Crippen molar-refractivity contribution < 1.29 is 14.2 Å².